The van der Waals surface area contributed by atoms with Crippen molar-refractivity contribution in [2.75, 3.05) is 7.11 Å². The third-order valence-electron chi connectivity index (χ3n) is 2.47. The first-order valence-corrected chi connectivity index (χ1v) is 6.77. The molecule has 6 heteroatoms. The van der Waals surface area contributed by atoms with Crippen LogP contribution in [0.5, 0.6) is 5.75 Å². The van der Waals surface area contributed by atoms with Crippen molar-refractivity contribution >= 4 is 23.7 Å². The third kappa shape index (κ3) is 3.33. The molecule has 0 aromatic heterocycles. The van der Waals surface area contributed by atoms with Crippen molar-refractivity contribution in [2.45, 2.75) is 24.5 Å². The Morgan fingerprint density at radius 2 is 1.85 bits per heavy atom. The van der Waals surface area contributed by atoms with Gasteiger partial charge in [0.25, 0.3) is 5.79 Å². The number of hydrogen-bond acceptors (Lipinski definition) is 6. The van der Waals surface area contributed by atoms with Crippen molar-refractivity contribution in [3.8, 4) is 5.75 Å². The number of ether oxygens (including phenoxy) is 3. The van der Waals surface area contributed by atoms with Crippen LogP contribution in [0.15, 0.2) is 40.1 Å². The fourth-order valence-corrected chi connectivity index (χ4v) is 2.35. The van der Waals surface area contributed by atoms with Crippen LogP contribution < -0.4 is 4.74 Å². The lowest BCUT2D eigenvalue weighted by Gasteiger charge is -2.29. The van der Waals surface area contributed by atoms with E-state index in [2.05, 4.69) is 0 Å². The van der Waals surface area contributed by atoms with Gasteiger partial charge in [0.1, 0.15) is 5.75 Å². The summed E-state index contributed by atoms with van der Waals surface area (Å²) >= 11 is 1.22. The van der Waals surface area contributed by atoms with Crippen molar-refractivity contribution < 1.29 is 23.8 Å². The first-order valence-electron chi connectivity index (χ1n) is 5.89. The molecule has 0 aliphatic carbocycles. The highest BCUT2D eigenvalue weighted by molar-refractivity contribution is 8.02. The molecule has 5 nitrogen and oxygen atoms in total. The number of thioether (sulfide) groups is 1. The first-order chi connectivity index (χ1) is 9.41. The minimum absolute atomic E-state index is 0.114. The summed E-state index contributed by atoms with van der Waals surface area (Å²) in [6.45, 7) is 3.02. The average Bonchev–Trinajstić information content (AvgIpc) is 2.36. The third-order valence-corrected chi connectivity index (χ3v) is 3.35. The van der Waals surface area contributed by atoms with Crippen molar-refractivity contribution in [1.82, 2.24) is 0 Å². The van der Waals surface area contributed by atoms with Crippen molar-refractivity contribution in [3.63, 3.8) is 0 Å². The molecule has 1 aromatic rings. The highest BCUT2D eigenvalue weighted by Gasteiger charge is 2.38. The van der Waals surface area contributed by atoms with Gasteiger partial charge < -0.3 is 14.2 Å². The highest BCUT2D eigenvalue weighted by atomic mass is 32.2. The molecule has 106 valence electrons. The number of cyclic esters (lactones) is 2. The molecule has 1 heterocycles. The molecular formula is C14H14O5S. The maximum Gasteiger partial charge on any atom is 0.349 e. The quantitative estimate of drug-likeness (QED) is 0.369. The molecule has 1 saturated heterocycles. The Labute approximate surface area is 120 Å². The van der Waals surface area contributed by atoms with E-state index in [1.165, 1.54) is 31.0 Å². The minimum Gasteiger partial charge on any atom is -0.497 e. The summed E-state index contributed by atoms with van der Waals surface area (Å²) in [5.41, 5.74) is -0.114. The van der Waals surface area contributed by atoms with Gasteiger partial charge in [-0.3, -0.25) is 0 Å². The summed E-state index contributed by atoms with van der Waals surface area (Å²) in [5.74, 6) is -1.88. The molecule has 20 heavy (non-hydrogen) atoms. The molecule has 1 aliphatic rings. The second kappa shape index (κ2) is 5.58. The van der Waals surface area contributed by atoms with Gasteiger partial charge in [-0.15, -0.1) is 0 Å². The Bertz CT molecular complexity index is 555. The fourth-order valence-electron chi connectivity index (χ4n) is 1.56. The molecule has 0 amide bonds. The van der Waals surface area contributed by atoms with Crippen molar-refractivity contribution in [2.24, 2.45) is 0 Å². The maximum atomic E-state index is 11.7. The van der Waals surface area contributed by atoms with Gasteiger partial charge in [-0.1, -0.05) is 17.8 Å². The van der Waals surface area contributed by atoms with E-state index in [4.69, 9.17) is 14.2 Å². The lowest BCUT2D eigenvalue weighted by Crippen LogP contribution is -2.41. The minimum atomic E-state index is -1.22. The predicted molar refractivity (Wildman–Crippen MR) is 73.2 cm³/mol. The van der Waals surface area contributed by atoms with Gasteiger partial charge in [-0.25, -0.2) is 9.59 Å². The Kier molecular flexibility index (Phi) is 4.04. The zero-order chi connectivity index (χ0) is 14.8. The van der Waals surface area contributed by atoms with E-state index < -0.39 is 17.7 Å². The summed E-state index contributed by atoms with van der Waals surface area (Å²) in [6.07, 6.45) is 0. The molecule has 0 unspecified atom stereocenters. The molecule has 0 bridgehead atoms. The fraction of sp³-hybridized carbons (Fsp3) is 0.286. The number of hydrogen-bond donors (Lipinski definition) is 0. The van der Waals surface area contributed by atoms with Crippen LogP contribution in [0, 0.1) is 0 Å². The molecule has 1 aliphatic heterocycles. The van der Waals surface area contributed by atoms with E-state index >= 15 is 0 Å². The number of benzene rings is 1. The van der Waals surface area contributed by atoms with Gasteiger partial charge in [0, 0.05) is 18.7 Å². The van der Waals surface area contributed by atoms with Gasteiger partial charge in [0.2, 0.25) is 0 Å². The zero-order valence-electron chi connectivity index (χ0n) is 11.3. The van der Waals surface area contributed by atoms with Crippen LogP contribution >= 0.6 is 11.8 Å². The van der Waals surface area contributed by atoms with Crippen LogP contribution in [0.4, 0.5) is 0 Å². The van der Waals surface area contributed by atoms with Crippen LogP contribution in [-0.4, -0.2) is 24.8 Å². The molecule has 1 aromatic carbocycles. The topological polar surface area (TPSA) is 61.8 Å². The van der Waals surface area contributed by atoms with Gasteiger partial charge >= 0.3 is 11.9 Å². The van der Waals surface area contributed by atoms with Crippen LogP contribution in [0.25, 0.3) is 0 Å². The monoisotopic (exact) mass is 294 g/mol. The smallest absolute Gasteiger partial charge is 0.349 e. The number of methoxy groups -OCH3 is 1. The molecule has 0 spiro atoms. The normalized spacial score (nSPS) is 17.2. The molecular weight excluding hydrogens is 280 g/mol. The summed E-state index contributed by atoms with van der Waals surface area (Å²) in [4.78, 5) is 24.3. The van der Waals surface area contributed by atoms with Crippen LogP contribution in [-0.2, 0) is 19.1 Å². The van der Waals surface area contributed by atoms with E-state index in [1.54, 1.807) is 13.2 Å². The molecule has 0 N–H and O–H groups in total. The molecule has 0 saturated carbocycles. The van der Waals surface area contributed by atoms with E-state index in [0.29, 0.717) is 5.75 Å². The van der Waals surface area contributed by atoms with Gasteiger partial charge in [0.05, 0.1) is 7.11 Å². The number of carbonyl (C=O) groups is 2. The van der Waals surface area contributed by atoms with E-state index in [9.17, 15) is 9.59 Å². The lowest BCUT2D eigenvalue weighted by molar-refractivity contribution is -0.222. The van der Waals surface area contributed by atoms with Crippen LogP contribution in [0.1, 0.15) is 13.8 Å². The second-order valence-corrected chi connectivity index (χ2v) is 5.45. The summed E-state index contributed by atoms with van der Waals surface area (Å²) in [5, 5.41) is 1.43. The second-order valence-electron chi connectivity index (χ2n) is 4.51. The number of rotatable bonds is 3. The molecule has 1 fully saturated rings. The summed E-state index contributed by atoms with van der Waals surface area (Å²) in [7, 11) is 1.57. The number of esters is 2. The van der Waals surface area contributed by atoms with E-state index in [1.807, 2.05) is 18.2 Å². The van der Waals surface area contributed by atoms with Crippen molar-refractivity contribution in [3.05, 3.63) is 35.2 Å². The molecule has 0 atom stereocenters. The van der Waals surface area contributed by atoms with E-state index in [0.717, 1.165) is 4.90 Å². The Balaban J connectivity index is 2.15. The standard InChI is InChI=1S/C14H14O5S/c1-14(2)18-12(15)11(13(16)19-14)8-20-10-6-4-5-9(7-10)17-3/h4-8H,1-3H3. The van der Waals surface area contributed by atoms with Crippen LogP contribution in [0.3, 0.4) is 0 Å². The largest absolute Gasteiger partial charge is 0.497 e. The first kappa shape index (κ1) is 14.5. The summed E-state index contributed by atoms with van der Waals surface area (Å²) < 4.78 is 15.1. The van der Waals surface area contributed by atoms with Crippen LogP contribution in [0.2, 0.25) is 0 Å². The summed E-state index contributed by atoms with van der Waals surface area (Å²) in [6, 6.07) is 7.27. The number of carbonyl (C=O) groups excluding carboxylic acids is 2. The van der Waals surface area contributed by atoms with Gasteiger partial charge in [-0.2, -0.15) is 0 Å². The Morgan fingerprint density at radius 3 is 2.45 bits per heavy atom. The highest BCUT2D eigenvalue weighted by Crippen LogP contribution is 2.28. The SMILES string of the molecule is COc1cccc(SC=C2C(=O)OC(C)(C)OC2=O)c1. The van der Waals surface area contributed by atoms with Gasteiger partial charge in [-0.05, 0) is 23.6 Å². The average molecular weight is 294 g/mol. The molecule has 0 radical (unpaired) electrons. The Hall–Kier alpha value is -1.95. The maximum absolute atomic E-state index is 11.7. The lowest BCUT2D eigenvalue weighted by atomic mass is 10.2. The zero-order valence-corrected chi connectivity index (χ0v) is 12.2. The predicted octanol–water partition coefficient (Wildman–Crippen LogP) is 2.51. The molecule has 2 rings (SSSR count). The Morgan fingerprint density at radius 1 is 1.20 bits per heavy atom. The van der Waals surface area contributed by atoms with Gasteiger partial charge in [0.15, 0.2) is 5.57 Å². The van der Waals surface area contributed by atoms with Crippen molar-refractivity contribution in [1.29, 1.82) is 0 Å². The van der Waals surface area contributed by atoms with E-state index in [-0.39, 0.29) is 5.57 Å².